The average molecular weight is 234 g/mol. The van der Waals surface area contributed by atoms with Crippen molar-refractivity contribution in [1.29, 1.82) is 0 Å². The van der Waals surface area contributed by atoms with Gasteiger partial charge in [-0.25, -0.2) is 0 Å². The van der Waals surface area contributed by atoms with Gasteiger partial charge in [-0.2, -0.15) is 0 Å². The van der Waals surface area contributed by atoms with Crippen LogP contribution in [0, 0.1) is 0 Å². The number of carbonyl (C=O) groups excluding carboxylic acids is 1. The molecule has 0 aromatic heterocycles. The van der Waals surface area contributed by atoms with Gasteiger partial charge >= 0.3 is 0 Å². The van der Waals surface area contributed by atoms with Crippen molar-refractivity contribution in [3.8, 4) is 5.75 Å². The number of carbonyl (C=O) groups is 1. The highest BCUT2D eigenvalue weighted by atomic mass is 16.5. The van der Waals surface area contributed by atoms with E-state index in [1.54, 1.807) is 25.3 Å². The van der Waals surface area contributed by atoms with Crippen molar-refractivity contribution >= 4 is 5.78 Å². The molecule has 0 spiro atoms. The predicted octanol–water partition coefficient (Wildman–Crippen LogP) is 2.38. The molecule has 0 amide bonds. The first-order valence-electron chi connectivity index (χ1n) is 5.52. The maximum Gasteiger partial charge on any atom is 0.188 e. The van der Waals surface area contributed by atoms with Crippen LogP contribution < -0.4 is 4.74 Å². The van der Waals surface area contributed by atoms with Gasteiger partial charge < -0.3 is 9.84 Å². The van der Waals surface area contributed by atoms with E-state index in [-0.39, 0.29) is 5.78 Å². The van der Waals surface area contributed by atoms with E-state index < -0.39 is 6.61 Å². The minimum atomic E-state index is -0.464. The maximum atomic E-state index is 11.4. The number of benzene rings is 1. The van der Waals surface area contributed by atoms with E-state index in [1.165, 1.54) is 5.57 Å². The largest absolute Gasteiger partial charge is 0.496 e. The maximum absolute atomic E-state index is 11.4. The zero-order valence-corrected chi connectivity index (χ0v) is 10.5. The summed E-state index contributed by atoms with van der Waals surface area (Å²) in [5.74, 6) is 0.489. The number of rotatable bonds is 5. The van der Waals surface area contributed by atoms with E-state index in [4.69, 9.17) is 9.84 Å². The van der Waals surface area contributed by atoms with Gasteiger partial charge in [0.2, 0.25) is 0 Å². The summed E-state index contributed by atoms with van der Waals surface area (Å²) >= 11 is 0. The summed E-state index contributed by atoms with van der Waals surface area (Å²) in [6, 6.07) is 5.21. The van der Waals surface area contributed by atoms with E-state index in [0.29, 0.717) is 5.56 Å². The molecule has 0 aliphatic carbocycles. The number of ether oxygens (including phenoxy) is 1. The summed E-state index contributed by atoms with van der Waals surface area (Å²) < 4.78 is 5.24. The molecule has 17 heavy (non-hydrogen) atoms. The number of aliphatic hydroxyl groups is 1. The Morgan fingerprint density at radius 2 is 2.12 bits per heavy atom. The second-order valence-corrected chi connectivity index (χ2v) is 4.09. The Balaban J connectivity index is 3.06. The molecule has 0 fully saturated rings. The highest BCUT2D eigenvalue weighted by molar-refractivity contribution is 5.97. The van der Waals surface area contributed by atoms with Gasteiger partial charge in [-0.3, -0.25) is 4.79 Å². The zero-order valence-electron chi connectivity index (χ0n) is 10.5. The van der Waals surface area contributed by atoms with E-state index in [1.807, 2.05) is 13.8 Å². The van der Waals surface area contributed by atoms with Crippen LogP contribution in [0.3, 0.4) is 0 Å². The molecule has 92 valence electrons. The first kappa shape index (κ1) is 13.5. The number of aliphatic hydroxyl groups excluding tert-OH is 1. The second kappa shape index (κ2) is 6.21. The standard InChI is InChI=1S/C14H18O3/c1-10(2)4-5-12-8-11(13(16)9-15)6-7-14(12)17-3/h4,6-8,15H,5,9H2,1-3H3. The van der Waals surface area contributed by atoms with Gasteiger partial charge in [0.05, 0.1) is 7.11 Å². The molecule has 0 aliphatic rings. The molecular weight excluding hydrogens is 216 g/mol. The number of allylic oxidation sites excluding steroid dienone is 2. The Morgan fingerprint density at radius 3 is 2.65 bits per heavy atom. The highest BCUT2D eigenvalue weighted by Crippen LogP contribution is 2.21. The monoisotopic (exact) mass is 234 g/mol. The van der Waals surface area contributed by atoms with Crippen molar-refractivity contribution in [2.75, 3.05) is 13.7 Å². The van der Waals surface area contributed by atoms with Gasteiger partial charge in [0, 0.05) is 5.56 Å². The summed E-state index contributed by atoms with van der Waals surface area (Å²) in [6.07, 6.45) is 2.79. The second-order valence-electron chi connectivity index (χ2n) is 4.09. The normalized spacial score (nSPS) is 9.88. The van der Waals surface area contributed by atoms with Crippen molar-refractivity contribution in [3.63, 3.8) is 0 Å². The van der Waals surface area contributed by atoms with Gasteiger partial charge in [0.1, 0.15) is 12.4 Å². The fourth-order valence-electron chi connectivity index (χ4n) is 1.52. The van der Waals surface area contributed by atoms with Crippen molar-refractivity contribution in [2.45, 2.75) is 20.3 Å². The Morgan fingerprint density at radius 1 is 1.41 bits per heavy atom. The Kier molecular flexibility index (Phi) is 4.91. The Labute approximate surface area is 102 Å². The van der Waals surface area contributed by atoms with Gasteiger partial charge in [-0.15, -0.1) is 0 Å². The molecule has 1 aromatic carbocycles. The summed E-state index contributed by atoms with van der Waals surface area (Å²) in [5, 5.41) is 8.83. The van der Waals surface area contributed by atoms with E-state index in [9.17, 15) is 4.79 Å². The average Bonchev–Trinajstić information content (AvgIpc) is 2.34. The lowest BCUT2D eigenvalue weighted by Gasteiger charge is -2.08. The van der Waals surface area contributed by atoms with Gasteiger partial charge in [0.15, 0.2) is 5.78 Å². The molecule has 1 N–H and O–H groups in total. The molecule has 1 aromatic rings. The molecule has 0 saturated carbocycles. The summed E-state index contributed by atoms with van der Waals surface area (Å²) in [7, 11) is 1.61. The SMILES string of the molecule is COc1ccc(C(=O)CO)cc1CC=C(C)C. The molecule has 0 unspecified atom stereocenters. The molecule has 0 aliphatic heterocycles. The molecule has 1 rings (SSSR count). The van der Waals surface area contributed by atoms with Gasteiger partial charge in [0.25, 0.3) is 0 Å². The third kappa shape index (κ3) is 3.71. The first-order chi connectivity index (χ1) is 8.08. The molecule has 0 bridgehead atoms. The van der Waals surface area contributed by atoms with E-state index in [0.717, 1.165) is 17.7 Å². The smallest absolute Gasteiger partial charge is 0.188 e. The van der Waals surface area contributed by atoms with Crippen LogP contribution in [0.15, 0.2) is 29.8 Å². The topological polar surface area (TPSA) is 46.5 Å². The molecule has 3 nitrogen and oxygen atoms in total. The molecule has 0 saturated heterocycles. The van der Waals surface area contributed by atoms with Gasteiger partial charge in [-0.1, -0.05) is 11.6 Å². The minimum absolute atomic E-state index is 0.272. The third-order valence-corrected chi connectivity index (χ3v) is 2.48. The lowest BCUT2D eigenvalue weighted by Crippen LogP contribution is -2.05. The van der Waals surface area contributed by atoms with Crippen LogP contribution in [-0.2, 0) is 6.42 Å². The van der Waals surface area contributed by atoms with Crippen LogP contribution in [-0.4, -0.2) is 24.6 Å². The third-order valence-electron chi connectivity index (χ3n) is 2.48. The van der Waals surface area contributed by atoms with Crippen molar-refractivity contribution in [3.05, 3.63) is 41.0 Å². The van der Waals surface area contributed by atoms with Crippen LogP contribution in [0.4, 0.5) is 0 Å². The van der Waals surface area contributed by atoms with Crippen LogP contribution >= 0.6 is 0 Å². The van der Waals surface area contributed by atoms with Crippen LogP contribution in [0.2, 0.25) is 0 Å². The first-order valence-corrected chi connectivity index (χ1v) is 5.52. The number of hydrogen-bond acceptors (Lipinski definition) is 3. The number of methoxy groups -OCH3 is 1. The molecule has 0 radical (unpaired) electrons. The quantitative estimate of drug-likeness (QED) is 0.628. The van der Waals surface area contributed by atoms with Crippen LogP contribution in [0.25, 0.3) is 0 Å². The predicted molar refractivity (Wildman–Crippen MR) is 67.5 cm³/mol. The van der Waals surface area contributed by atoms with Crippen molar-refractivity contribution < 1.29 is 14.6 Å². The van der Waals surface area contributed by atoms with E-state index in [2.05, 4.69) is 6.08 Å². The highest BCUT2D eigenvalue weighted by Gasteiger charge is 2.08. The molecule has 0 heterocycles. The summed E-state index contributed by atoms with van der Waals surface area (Å²) in [6.45, 7) is 3.58. The zero-order chi connectivity index (χ0) is 12.8. The lowest BCUT2D eigenvalue weighted by molar-refractivity contribution is 0.0903. The molecule has 0 atom stereocenters. The molecular formula is C14H18O3. The lowest BCUT2D eigenvalue weighted by atomic mass is 10.0. The van der Waals surface area contributed by atoms with E-state index >= 15 is 0 Å². The Bertz CT molecular complexity index is 429. The number of hydrogen-bond donors (Lipinski definition) is 1. The molecule has 3 heteroatoms. The van der Waals surface area contributed by atoms with Crippen LogP contribution in [0.1, 0.15) is 29.8 Å². The summed E-state index contributed by atoms with van der Waals surface area (Å²) in [4.78, 5) is 11.4. The fourth-order valence-corrected chi connectivity index (χ4v) is 1.52. The fraction of sp³-hybridized carbons (Fsp3) is 0.357. The Hall–Kier alpha value is -1.61. The van der Waals surface area contributed by atoms with Gasteiger partial charge in [-0.05, 0) is 44.0 Å². The summed E-state index contributed by atoms with van der Waals surface area (Å²) in [5.41, 5.74) is 2.68. The number of ketones is 1. The number of Topliss-reactive ketones (excluding diaryl/α,β-unsaturated/α-hetero) is 1. The van der Waals surface area contributed by atoms with Crippen molar-refractivity contribution in [1.82, 2.24) is 0 Å². The minimum Gasteiger partial charge on any atom is -0.496 e. The van der Waals surface area contributed by atoms with Crippen LogP contribution in [0.5, 0.6) is 5.75 Å². The van der Waals surface area contributed by atoms with Crippen molar-refractivity contribution in [2.24, 2.45) is 0 Å².